The minimum absolute atomic E-state index is 0.0614. The number of hydrazine groups is 1. The molecule has 1 aliphatic heterocycles. The molecule has 112 valence electrons. The normalized spacial score (nSPS) is 15.6. The van der Waals surface area contributed by atoms with Crippen LogP contribution in [0, 0.1) is 5.92 Å². The summed E-state index contributed by atoms with van der Waals surface area (Å²) in [7, 11) is 0. The first-order chi connectivity index (χ1) is 9.77. The van der Waals surface area contributed by atoms with Crippen molar-refractivity contribution in [1.82, 2.24) is 10.9 Å². The van der Waals surface area contributed by atoms with Crippen molar-refractivity contribution in [2.75, 3.05) is 5.32 Å². The maximum absolute atomic E-state index is 12.5. The second kappa shape index (κ2) is 5.43. The zero-order valence-electron chi connectivity index (χ0n) is 10.5. The third-order valence-corrected chi connectivity index (χ3v) is 2.81. The molecule has 0 saturated carbocycles. The Hall–Kier alpha value is -2.58. The summed E-state index contributed by atoms with van der Waals surface area (Å²) in [5, 5.41) is 2.22. The summed E-state index contributed by atoms with van der Waals surface area (Å²) in [4.78, 5) is 34.1. The zero-order valence-corrected chi connectivity index (χ0v) is 10.5. The molecule has 9 heteroatoms. The number of anilines is 1. The molecule has 3 amide bonds. The third-order valence-electron chi connectivity index (χ3n) is 2.81. The fourth-order valence-electron chi connectivity index (χ4n) is 1.77. The van der Waals surface area contributed by atoms with E-state index in [1.165, 1.54) is 6.07 Å². The van der Waals surface area contributed by atoms with Gasteiger partial charge in [-0.2, -0.15) is 13.2 Å². The fraction of sp³-hybridized carbons (Fsp3) is 0.250. The van der Waals surface area contributed by atoms with Crippen LogP contribution in [0.4, 0.5) is 18.9 Å². The molecule has 2 rings (SSSR count). The van der Waals surface area contributed by atoms with Crippen molar-refractivity contribution < 1.29 is 27.6 Å². The van der Waals surface area contributed by atoms with Gasteiger partial charge in [-0.1, -0.05) is 6.07 Å². The number of hydrogen-bond donors (Lipinski definition) is 3. The Balaban J connectivity index is 2.03. The van der Waals surface area contributed by atoms with E-state index in [-0.39, 0.29) is 5.69 Å². The van der Waals surface area contributed by atoms with Gasteiger partial charge in [0.2, 0.25) is 5.91 Å². The van der Waals surface area contributed by atoms with Crippen LogP contribution in [-0.2, 0) is 20.6 Å². The van der Waals surface area contributed by atoms with E-state index >= 15 is 0 Å². The number of alkyl halides is 3. The molecule has 1 heterocycles. The molecular weight excluding hydrogens is 291 g/mol. The topological polar surface area (TPSA) is 87.3 Å². The van der Waals surface area contributed by atoms with Gasteiger partial charge in [-0.15, -0.1) is 0 Å². The lowest BCUT2D eigenvalue weighted by atomic mass is 10.1. The Labute approximate surface area is 116 Å². The SMILES string of the molecule is O=C(CC1C(=O)NNC1=O)Nc1cccc(C(F)(F)F)c1. The maximum atomic E-state index is 12.5. The first kappa shape index (κ1) is 14.8. The van der Waals surface area contributed by atoms with Crippen LogP contribution in [0.3, 0.4) is 0 Å². The van der Waals surface area contributed by atoms with Crippen molar-refractivity contribution in [3.8, 4) is 0 Å². The number of halogens is 3. The molecule has 21 heavy (non-hydrogen) atoms. The van der Waals surface area contributed by atoms with E-state index in [2.05, 4.69) is 16.2 Å². The van der Waals surface area contributed by atoms with E-state index in [9.17, 15) is 27.6 Å². The molecule has 0 radical (unpaired) electrons. The van der Waals surface area contributed by atoms with Crippen LogP contribution < -0.4 is 16.2 Å². The summed E-state index contributed by atoms with van der Waals surface area (Å²) in [5.74, 6) is -3.22. The molecule has 1 aromatic carbocycles. The van der Waals surface area contributed by atoms with E-state index < -0.39 is 41.8 Å². The first-order valence-electron chi connectivity index (χ1n) is 5.84. The van der Waals surface area contributed by atoms with E-state index in [1.807, 2.05) is 0 Å². The lowest BCUT2D eigenvalue weighted by molar-refractivity contribution is -0.137. The minimum atomic E-state index is -4.52. The van der Waals surface area contributed by atoms with Crippen molar-refractivity contribution in [2.24, 2.45) is 5.92 Å². The first-order valence-corrected chi connectivity index (χ1v) is 5.84. The molecule has 6 nitrogen and oxygen atoms in total. The summed E-state index contributed by atoms with van der Waals surface area (Å²) in [6.07, 6.45) is -4.97. The van der Waals surface area contributed by atoms with Gasteiger partial charge in [-0.3, -0.25) is 25.2 Å². The summed E-state index contributed by atoms with van der Waals surface area (Å²) in [6.45, 7) is 0. The van der Waals surface area contributed by atoms with Crippen LogP contribution >= 0.6 is 0 Å². The van der Waals surface area contributed by atoms with E-state index in [0.717, 1.165) is 18.2 Å². The fourth-order valence-corrected chi connectivity index (χ4v) is 1.77. The molecular formula is C12H10F3N3O3. The Morgan fingerprint density at radius 2 is 1.81 bits per heavy atom. The van der Waals surface area contributed by atoms with Crippen LogP contribution in [0.25, 0.3) is 0 Å². The number of carbonyl (C=O) groups excluding carboxylic acids is 3. The van der Waals surface area contributed by atoms with Gasteiger partial charge in [0.15, 0.2) is 0 Å². The van der Waals surface area contributed by atoms with Crippen molar-refractivity contribution in [2.45, 2.75) is 12.6 Å². The van der Waals surface area contributed by atoms with E-state index in [0.29, 0.717) is 0 Å². The molecule has 0 bridgehead atoms. The van der Waals surface area contributed by atoms with Crippen molar-refractivity contribution >= 4 is 23.4 Å². The van der Waals surface area contributed by atoms with Crippen LogP contribution in [0.15, 0.2) is 24.3 Å². The molecule has 1 aromatic rings. The highest BCUT2D eigenvalue weighted by Gasteiger charge is 2.35. The number of rotatable bonds is 3. The standard InChI is InChI=1S/C12H10F3N3O3/c13-12(14,15)6-2-1-3-7(4-6)16-9(19)5-8-10(20)17-18-11(8)21/h1-4,8H,5H2,(H,16,19)(H,17,20)(H,18,21). The maximum Gasteiger partial charge on any atom is 0.416 e. The molecule has 0 unspecified atom stereocenters. The number of benzene rings is 1. The Kier molecular flexibility index (Phi) is 3.83. The average Bonchev–Trinajstić information content (AvgIpc) is 2.70. The van der Waals surface area contributed by atoms with Gasteiger partial charge in [-0.25, -0.2) is 0 Å². The van der Waals surface area contributed by atoms with Gasteiger partial charge in [0.05, 0.1) is 5.56 Å². The lowest BCUT2D eigenvalue weighted by Gasteiger charge is -2.10. The zero-order chi connectivity index (χ0) is 15.6. The second-order valence-electron chi connectivity index (χ2n) is 4.36. The molecule has 0 aliphatic carbocycles. The van der Waals surface area contributed by atoms with Crippen molar-refractivity contribution in [1.29, 1.82) is 0 Å². The Bertz CT molecular complexity index is 585. The van der Waals surface area contributed by atoms with Gasteiger partial charge >= 0.3 is 6.18 Å². The minimum Gasteiger partial charge on any atom is -0.326 e. The monoisotopic (exact) mass is 301 g/mol. The number of hydrogen-bond acceptors (Lipinski definition) is 3. The highest BCUT2D eigenvalue weighted by Crippen LogP contribution is 2.30. The Morgan fingerprint density at radius 3 is 2.38 bits per heavy atom. The van der Waals surface area contributed by atoms with Crippen LogP contribution in [0.1, 0.15) is 12.0 Å². The number of amides is 3. The smallest absolute Gasteiger partial charge is 0.326 e. The highest BCUT2D eigenvalue weighted by atomic mass is 19.4. The molecule has 3 N–H and O–H groups in total. The summed E-state index contributed by atoms with van der Waals surface area (Å²) in [5.41, 5.74) is 3.13. The van der Waals surface area contributed by atoms with E-state index in [4.69, 9.17) is 0 Å². The van der Waals surface area contributed by atoms with Crippen molar-refractivity contribution in [3.05, 3.63) is 29.8 Å². The quantitative estimate of drug-likeness (QED) is 0.722. The number of carbonyl (C=O) groups is 3. The van der Waals surface area contributed by atoms with Gasteiger partial charge in [-0.05, 0) is 18.2 Å². The van der Waals surface area contributed by atoms with Crippen LogP contribution in [0.2, 0.25) is 0 Å². The van der Waals surface area contributed by atoms with Gasteiger partial charge in [0.25, 0.3) is 11.8 Å². The molecule has 1 saturated heterocycles. The van der Waals surface area contributed by atoms with Gasteiger partial charge < -0.3 is 5.32 Å². The average molecular weight is 301 g/mol. The molecule has 1 aliphatic rings. The van der Waals surface area contributed by atoms with Gasteiger partial charge in [0.1, 0.15) is 5.92 Å². The number of nitrogens with one attached hydrogen (secondary N) is 3. The van der Waals surface area contributed by atoms with E-state index in [1.54, 1.807) is 0 Å². The molecule has 1 fully saturated rings. The lowest BCUT2D eigenvalue weighted by Crippen LogP contribution is -2.28. The van der Waals surface area contributed by atoms with Crippen LogP contribution in [-0.4, -0.2) is 17.7 Å². The van der Waals surface area contributed by atoms with Gasteiger partial charge in [0, 0.05) is 12.1 Å². The predicted octanol–water partition coefficient (Wildman–Crippen LogP) is 0.811. The molecule has 0 aromatic heterocycles. The summed E-state index contributed by atoms with van der Waals surface area (Å²) >= 11 is 0. The molecule has 0 spiro atoms. The predicted molar refractivity (Wildman–Crippen MR) is 64.5 cm³/mol. The summed E-state index contributed by atoms with van der Waals surface area (Å²) < 4.78 is 37.6. The third kappa shape index (κ3) is 3.50. The largest absolute Gasteiger partial charge is 0.416 e. The highest BCUT2D eigenvalue weighted by molar-refractivity contribution is 6.08. The second-order valence-corrected chi connectivity index (χ2v) is 4.36. The van der Waals surface area contributed by atoms with Crippen molar-refractivity contribution in [3.63, 3.8) is 0 Å². The summed E-state index contributed by atoms with van der Waals surface area (Å²) in [6, 6.07) is 4.07. The molecule has 0 atom stereocenters. The Morgan fingerprint density at radius 1 is 1.19 bits per heavy atom. The van der Waals surface area contributed by atoms with Crippen LogP contribution in [0.5, 0.6) is 0 Å².